The third-order valence-corrected chi connectivity index (χ3v) is 4.05. The van der Waals surface area contributed by atoms with Gasteiger partial charge < -0.3 is 10.2 Å². The number of hydrogen-bond donors (Lipinski definition) is 1. The maximum atomic E-state index is 3.43. The van der Waals surface area contributed by atoms with E-state index in [9.17, 15) is 0 Å². The minimum Gasteiger partial charge on any atom is -0.370 e. The van der Waals surface area contributed by atoms with Crippen LogP contribution < -0.4 is 10.2 Å². The van der Waals surface area contributed by atoms with E-state index in [2.05, 4.69) is 66.2 Å². The predicted octanol–water partition coefficient (Wildman–Crippen LogP) is 2.20. The second kappa shape index (κ2) is 6.40. The van der Waals surface area contributed by atoms with Crippen LogP contribution in [-0.2, 0) is 0 Å². The Bertz CT molecular complexity index is 369. The van der Waals surface area contributed by atoms with E-state index in [0.29, 0.717) is 0 Å². The second-order valence-corrected chi connectivity index (χ2v) is 5.90. The lowest BCUT2D eigenvalue weighted by Gasteiger charge is -2.44. The van der Waals surface area contributed by atoms with E-state index in [-0.39, 0.29) is 5.54 Å². The number of hydrogen-bond acceptors (Lipinski definition) is 3. The van der Waals surface area contributed by atoms with Gasteiger partial charge in [0.1, 0.15) is 0 Å². The molecule has 0 unspecified atom stereocenters. The van der Waals surface area contributed by atoms with Crippen LogP contribution in [0.4, 0.5) is 5.69 Å². The van der Waals surface area contributed by atoms with Crippen molar-refractivity contribution in [3.8, 4) is 0 Å². The maximum Gasteiger partial charge on any atom is 0.0366 e. The van der Waals surface area contributed by atoms with Gasteiger partial charge in [-0.25, -0.2) is 0 Å². The first kappa shape index (κ1) is 14.4. The zero-order valence-corrected chi connectivity index (χ0v) is 12.5. The predicted molar refractivity (Wildman–Crippen MR) is 82.9 cm³/mol. The molecule has 0 aromatic heterocycles. The summed E-state index contributed by atoms with van der Waals surface area (Å²) in [5.74, 6) is 0. The number of nitrogens with one attached hydrogen (secondary N) is 1. The van der Waals surface area contributed by atoms with Gasteiger partial charge in [0.25, 0.3) is 0 Å². The molecular formula is C16H27N3. The molecular weight excluding hydrogens is 234 g/mol. The number of likely N-dealkylation sites (N-methyl/N-ethyl adjacent to an activating group) is 1. The highest BCUT2D eigenvalue weighted by atomic mass is 15.3. The first-order valence-electron chi connectivity index (χ1n) is 7.39. The third kappa shape index (κ3) is 3.71. The number of rotatable bonds is 5. The fourth-order valence-electron chi connectivity index (χ4n) is 2.86. The molecule has 1 aromatic carbocycles. The molecule has 0 spiro atoms. The van der Waals surface area contributed by atoms with E-state index in [1.807, 2.05) is 0 Å². The first-order chi connectivity index (χ1) is 9.13. The normalized spacial score (nSPS) is 17.4. The Hall–Kier alpha value is -1.06. The van der Waals surface area contributed by atoms with E-state index in [4.69, 9.17) is 0 Å². The first-order valence-corrected chi connectivity index (χ1v) is 7.39. The lowest BCUT2D eigenvalue weighted by atomic mass is 10.0. The molecule has 3 heteroatoms. The van der Waals surface area contributed by atoms with Gasteiger partial charge in [-0.1, -0.05) is 18.2 Å². The lowest BCUT2D eigenvalue weighted by molar-refractivity contribution is 0.108. The van der Waals surface area contributed by atoms with Gasteiger partial charge in [-0.2, -0.15) is 0 Å². The van der Waals surface area contributed by atoms with E-state index >= 15 is 0 Å². The van der Waals surface area contributed by atoms with E-state index in [1.54, 1.807) is 0 Å². The average Bonchev–Trinajstić information content (AvgIpc) is 2.47. The van der Waals surface area contributed by atoms with Crippen molar-refractivity contribution < 1.29 is 0 Å². The van der Waals surface area contributed by atoms with Crippen molar-refractivity contribution >= 4 is 5.69 Å². The van der Waals surface area contributed by atoms with Crippen LogP contribution >= 0.6 is 0 Å². The van der Waals surface area contributed by atoms with Crippen LogP contribution in [0.3, 0.4) is 0 Å². The summed E-state index contributed by atoms with van der Waals surface area (Å²) in [5, 5.41) is 3.43. The molecule has 0 bridgehead atoms. The number of benzene rings is 1. The van der Waals surface area contributed by atoms with Gasteiger partial charge in [-0.15, -0.1) is 0 Å². The minimum absolute atomic E-state index is 0.216. The summed E-state index contributed by atoms with van der Waals surface area (Å²) in [7, 11) is 0. The molecule has 2 rings (SSSR count). The van der Waals surface area contributed by atoms with Crippen LogP contribution in [0.5, 0.6) is 0 Å². The van der Waals surface area contributed by atoms with Crippen LogP contribution in [0.15, 0.2) is 30.3 Å². The van der Waals surface area contributed by atoms with Gasteiger partial charge in [-0.3, -0.25) is 4.90 Å². The van der Waals surface area contributed by atoms with E-state index < -0.39 is 0 Å². The maximum absolute atomic E-state index is 3.43. The van der Waals surface area contributed by atoms with Crippen LogP contribution in [0, 0.1) is 0 Å². The van der Waals surface area contributed by atoms with Crippen molar-refractivity contribution in [1.82, 2.24) is 10.2 Å². The molecule has 0 aliphatic carbocycles. The van der Waals surface area contributed by atoms with Crippen molar-refractivity contribution in [2.75, 3.05) is 44.2 Å². The summed E-state index contributed by atoms with van der Waals surface area (Å²) in [6.07, 6.45) is 0. The summed E-state index contributed by atoms with van der Waals surface area (Å²) in [5.41, 5.74) is 1.54. The monoisotopic (exact) mass is 261 g/mol. The lowest BCUT2D eigenvalue weighted by Crippen LogP contribution is -2.57. The summed E-state index contributed by atoms with van der Waals surface area (Å²) >= 11 is 0. The Kier molecular flexibility index (Phi) is 4.83. The number of nitrogens with zero attached hydrogens (tertiary/aromatic N) is 2. The SMILES string of the molecule is CCN(CC(C)(C)N1CCNCC1)c1ccccc1. The molecule has 1 aliphatic rings. The van der Waals surface area contributed by atoms with Gasteiger partial charge >= 0.3 is 0 Å². The molecule has 1 heterocycles. The molecule has 1 fully saturated rings. The number of para-hydroxylation sites is 1. The van der Waals surface area contributed by atoms with E-state index in [1.165, 1.54) is 5.69 Å². The van der Waals surface area contributed by atoms with Crippen LogP contribution in [0.1, 0.15) is 20.8 Å². The summed E-state index contributed by atoms with van der Waals surface area (Å²) in [4.78, 5) is 5.08. The molecule has 1 N–H and O–H groups in total. The van der Waals surface area contributed by atoms with Crippen molar-refractivity contribution in [3.05, 3.63) is 30.3 Å². The molecule has 1 aliphatic heterocycles. The molecule has 0 saturated carbocycles. The smallest absolute Gasteiger partial charge is 0.0366 e. The van der Waals surface area contributed by atoms with Gasteiger partial charge in [0.2, 0.25) is 0 Å². The Morgan fingerprint density at radius 1 is 1.16 bits per heavy atom. The average molecular weight is 261 g/mol. The van der Waals surface area contributed by atoms with Gasteiger partial charge in [-0.05, 0) is 32.9 Å². The molecule has 106 valence electrons. The fourth-order valence-corrected chi connectivity index (χ4v) is 2.86. The van der Waals surface area contributed by atoms with Crippen LogP contribution in [0.2, 0.25) is 0 Å². The largest absolute Gasteiger partial charge is 0.370 e. The highest BCUT2D eigenvalue weighted by Gasteiger charge is 2.29. The van der Waals surface area contributed by atoms with Crippen molar-refractivity contribution in [3.63, 3.8) is 0 Å². The summed E-state index contributed by atoms with van der Waals surface area (Å²) in [6.45, 7) is 13.6. The molecule has 19 heavy (non-hydrogen) atoms. The van der Waals surface area contributed by atoms with E-state index in [0.717, 1.165) is 39.3 Å². The molecule has 0 radical (unpaired) electrons. The van der Waals surface area contributed by atoms with Crippen LogP contribution in [-0.4, -0.2) is 49.7 Å². The topological polar surface area (TPSA) is 18.5 Å². The third-order valence-electron chi connectivity index (χ3n) is 4.05. The van der Waals surface area contributed by atoms with Crippen molar-refractivity contribution in [1.29, 1.82) is 0 Å². The number of anilines is 1. The van der Waals surface area contributed by atoms with Crippen molar-refractivity contribution in [2.45, 2.75) is 26.3 Å². The second-order valence-electron chi connectivity index (χ2n) is 5.90. The van der Waals surface area contributed by atoms with Gasteiger partial charge in [0.15, 0.2) is 0 Å². The van der Waals surface area contributed by atoms with Gasteiger partial charge in [0, 0.05) is 50.5 Å². The number of piperazine rings is 1. The van der Waals surface area contributed by atoms with Gasteiger partial charge in [0.05, 0.1) is 0 Å². The molecule has 0 atom stereocenters. The Balaban J connectivity index is 2.04. The molecule has 3 nitrogen and oxygen atoms in total. The Morgan fingerprint density at radius 2 is 1.79 bits per heavy atom. The highest BCUT2D eigenvalue weighted by Crippen LogP contribution is 2.21. The highest BCUT2D eigenvalue weighted by molar-refractivity contribution is 5.46. The Morgan fingerprint density at radius 3 is 2.37 bits per heavy atom. The molecule has 0 amide bonds. The summed E-state index contributed by atoms with van der Waals surface area (Å²) < 4.78 is 0. The summed E-state index contributed by atoms with van der Waals surface area (Å²) in [6, 6.07) is 10.7. The standard InChI is InChI=1S/C16H27N3/c1-4-18(15-8-6-5-7-9-15)14-16(2,3)19-12-10-17-11-13-19/h5-9,17H,4,10-14H2,1-3H3. The minimum atomic E-state index is 0.216. The zero-order valence-electron chi connectivity index (χ0n) is 12.5. The quantitative estimate of drug-likeness (QED) is 0.876. The Labute approximate surface area is 117 Å². The van der Waals surface area contributed by atoms with Crippen molar-refractivity contribution in [2.24, 2.45) is 0 Å². The zero-order chi connectivity index (χ0) is 13.7. The molecule has 1 saturated heterocycles. The fraction of sp³-hybridized carbons (Fsp3) is 0.625. The molecule has 1 aromatic rings. The van der Waals surface area contributed by atoms with Crippen LogP contribution in [0.25, 0.3) is 0 Å².